The van der Waals surface area contributed by atoms with E-state index in [1.54, 1.807) is 0 Å². The highest BCUT2D eigenvalue weighted by atomic mass is 16.4. The van der Waals surface area contributed by atoms with Crippen molar-refractivity contribution in [1.82, 2.24) is 5.32 Å². The Morgan fingerprint density at radius 1 is 1.35 bits per heavy atom. The van der Waals surface area contributed by atoms with Gasteiger partial charge in [0.25, 0.3) is 0 Å². The molecule has 1 aliphatic rings. The lowest BCUT2D eigenvalue weighted by Gasteiger charge is -2.33. The maximum absolute atomic E-state index is 12.0. The molecule has 0 radical (unpaired) electrons. The molecule has 2 N–H and O–H groups in total. The van der Waals surface area contributed by atoms with Crippen molar-refractivity contribution in [1.29, 1.82) is 0 Å². The number of carboxylic acid groups (broad SMARTS) is 1. The maximum Gasteiger partial charge on any atom is 0.306 e. The third kappa shape index (κ3) is 3.38. The van der Waals surface area contributed by atoms with Crippen molar-refractivity contribution in [3.8, 4) is 0 Å². The van der Waals surface area contributed by atoms with Crippen LogP contribution < -0.4 is 5.32 Å². The number of rotatable bonds is 5. The number of hydrogen-bond acceptors (Lipinski definition) is 2. The molecule has 0 saturated heterocycles. The largest absolute Gasteiger partial charge is 0.481 e. The van der Waals surface area contributed by atoms with Crippen molar-refractivity contribution in [2.45, 2.75) is 45.1 Å². The number of amides is 1. The number of hydrogen-bond donors (Lipinski definition) is 2. The molecule has 1 aliphatic carbocycles. The summed E-state index contributed by atoms with van der Waals surface area (Å²) in [7, 11) is 0. The van der Waals surface area contributed by atoms with Gasteiger partial charge in [-0.05, 0) is 36.8 Å². The molecule has 0 bridgehead atoms. The van der Waals surface area contributed by atoms with E-state index < -0.39 is 5.97 Å². The van der Waals surface area contributed by atoms with E-state index in [1.807, 2.05) is 32.0 Å². The quantitative estimate of drug-likeness (QED) is 0.867. The van der Waals surface area contributed by atoms with Gasteiger partial charge in [0.2, 0.25) is 5.91 Å². The highest BCUT2D eigenvalue weighted by Gasteiger charge is 2.35. The van der Waals surface area contributed by atoms with Crippen molar-refractivity contribution in [2.75, 3.05) is 0 Å². The van der Waals surface area contributed by atoms with Crippen molar-refractivity contribution >= 4 is 11.9 Å². The van der Waals surface area contributed by atoms with Crippen LogP contribution in [0, 0.1) is 12.8 Å². The maximum atomic E-state index is 12.0. The normalized spacial score (nSPS) is 22.7. The molecular formula is C16H21NO3. The Balaban J connectivity index is 1.81. The van der Waals surface area contributed by atoms with Gasteiger partial charge < -0.3 is 10.4 Å². The molecule has 1 fully saturated rings. The van der Waals surface area contributed by atoms with E-state index >= 15 is 0 Å². The van der Waals surface area contributed by atoms with Gasteiger partial charge >= 0.3 is 5.97 Å². The molecule has 4 nitrogen and oxygen atoms in total. The summed E-state index contributed by atoms with van der Waals surface area (Å²) in [6.45, 7) is 4.09. The number of benzene rings is 1. The van der Waals surface area contributed by atoms with Gasteiger partial charge in [-0.25, -0.2) is 0 Å². The van der Waals surface area contributed by atoms with Gasteiger partial charge in [-0.2, -0.15) is 0 Å². The number of nitrogens with one attached hydrogen (secondary N) is 1. The summed E-state index contributed by atoms with van der Waals surface area (Å²) in [5.41, 5.74) is 2.39. The molecule has 1 unspecified atom stereocenters. The zero-order valence-corrected chi connectivity index (χ0v) is 11.9. The fraction of sp³-hybridized carbons (Fsp3) is 0.500. The first-order chi connectivity index (χ1) is 9.47. The third-order valence-corrected chi connectivity index (χ3v) is 4.06. The predicted molar refractivity (Wildman–Crippen MR) is 76.5 cm³/mol. The van der Waals surface area contributed by atoms with E-state index in [-0.39, 0.29) is 23.8 Å². The Bertz CT molecular complexity index is 506. The second-order valence-electron chi connectivity index (χ2n) is 5.73. The summed E-state index contributed by atoms with van der Waals surface area (Å²) in [5.74, 6) is -0.862. The van der Waals surface area contributed by atoms with Crippen LogP contribution in [0.4, 0.5) is 0 Å². The molecule has 1 aromatic carbocycles. The van der Waals surface area contributed by atoms with Crippen LogP contribution in [0.2, 0.25) is 0 Å². The van der Waals surface area contributed by atoms with Crippen LogP contribution in [0.5, 0.6) is 0 Å². The van der Waals surface area contributed by atoms with Crippen LogP contribution in [-0.4, -0.2) is 23.0 Å². The fourth-order valence-corrected chi connectivity index (χ4v) is 2.75. The SMILES string of the molecule is Cc1ccccc1C(C)CC(=O)NC1CC(C(=O)O)C1. The van der Waals surface area contributed by atoms with Crippen LogP contribution in [0.3, 0.4) is 0 Å². The summed E-state index contributed by atoms with van der Waals surface area (Å²) in [6, 6.07) is 8.11. The van der Waals surface area contributed by atoms with Crippen molar-refractivity contribution in [3.63, 3.8) is 0 Å². The second kappa shape index (κ2) is 6.07. The standard InChI is InChI=1S/C16H21NO3/c1-10-5-3-4-6-14(10)11(2)7-15(18)17-13-8-12(9-13)16(19)20/h3-6,11-13H,7-9H2,1-2H3,(H,17,18)(H,19,20). The van der Waals surface area contributed by atoms with Gasteiger partial charge in [-0.15, -0.1) is 0 Å². The molecule has 0 aromatic heterocycles. The van der Waals surface area contributed by atoms with Gasteiger partial charge in [0.05, 0.1) is 5.92 Å². The molecule has 2 rings (SSSR count). The Hall–Kier alpha value is -1.84. The molecule has 0 heterocycles. The molecule has 20 heavy (non-hydrogen) atoms. The lowest BCUT2D eigenvalue weighted by Crippen LogP contribution is -2.46. The topological polar surface area (TPSA) is 66.4 Å². The summed E-state index contributed by atoms with van der Waals surface area (Å²) in [6.07, 6.45) is 1.55. The van der Waals surface area contributed by atoms with E-state index in [1.165, 1.54) is 11.1 Å². The van der Waals surface area contributed by atoms with Gasteiger partial charge in [0, 0.05) is 12.5 Å². The molecule has 0 spiro atoms. The molecule has 1 saturated carbocycles. The monoisotopic (exact) mass is 275 g/mol. The summed E-state index contributed by atoms with van der Waals surface area (Å²) < 4.78 is 0. The van der Waals surface area contributed by atoms with E-state index in [9.17, 15) is 9.59 Å². The van der Waals surface area contributed by atoms with E-state index in [2.05, 4.69) is 11.4 Å². The zero-order chi connectivity index (χ0) is 14.7. The fourth-order valence-electron chi connectivity index (χ4n) is 2.75. The molecule has 1 amide bonds. The first-order valence-corrected chi connectivity index (χ1v) is 7.05. The minimum Gasteiger partial charge on any atom is -0.481 e. The Kier molecular flexibility index (Phi) is 4.42. The van der Waals surface area contributed by atoms with Gasteiger partial charge in [0.1, 0.15) is 0 Å². The smallest absolute Gasteiger partial charge is 0.306 e. The van der Waals surface area contributed by atoms with Crippen LogP contribution in [0.25, 0.3) is 0 Å². The Morgan fingerprint density at radius 2 is 2.00 bits per heavy atom. The zero-order valence-electron chi connectivity index (χ0n) is 11.9. The number of carbonyl (C=O) groups is 2. The third-order valence-electron chi connectivity index (χ3n) is 4.06. The molecule has 1 aromatic rings. The highest BCUT2D eigenvalue weighted by Crippen LogP contribution is 2.28. The average Bonchev–Trinajstić information content (AvgIpc) is 2.33. The molecule has 4 heteroatoms. The number of carbonyl (C=O) groups excluding carboxylic acids is 1. The summed E-state index contributed by atoms with van der Waals surface area (Å²) in [5, 5.41) is 11.7. The molecule has 0 aliphatic heterocycles. The van der Waals surface area contributed by atoms with E-state index in [0.29, 0.717) is 19.3 Å². The van der Waals surface area contributed by atoms with Crippen LogP contribution >= 0.6 is 0 Å². The van der Waals surface area contributed by atoms with Gasteiger partial charge in [-0.3, -0.25) is 9.59 Å². The molecule has 108 valence electrons. The van der Waals surface area contributed by atoms with Crippen molar-refractivity contribution in [3.05, 3.63) is 35.4 Å². The van der Waals surface area contributed by atoms with Gasteiger partial charge in [0.15, 0.2) is 0 Å². The lowest BCUT2D eigenvalue weighted by atomic mass is 9.80. The minimum atomic E-state index is -0.760. The number of aryl methyl sites for hydroxylation is 1. The van der Waals surface area contributed by atoms with Crippen molar-refractivity contribution in [2.24, 2.45) is 5.92 Å². The van der Waals surface area contributed by atoms with E-state index in [4.69, 9.17) is 5.11 Å². The van der Waals surface area contributed by atoms with Crippen LogP contribution in [0.15, 0.2) is 24.3 Å². The predicted octanol–water partition coefficient (Wildman–Crippen LogP) is 2.47. The molecular weight excluding hydrogens is 254 g/mol. The average molecular weight is 275 g/mol. The first-order valence-electron chi connectivity index (χ1n) is 7.05. The van der Waals surface area contributed by atoms with Crippen molar-refractivity contribution < 1.29 is 14.7 Å². The summed E-state index contributed by atoms with van der Waals surface area (Å²) in [4.78, 5) is 22.7. The van der Waals surface area contributed by atoms with Crippen LogP contribution in [-0.2, 0) is 9.59 Å². The van der Waals surface area contributed by atoms with Crippen LogP contribution in [0.1, 0.15) is 43.2 Å². The molecule has 1 atom stereocenters. The first kappa shape index (κ1) is 14.6. The lowest BCUT2D eigenvalue weighted by molar-refractivity contribution is -0.146. The summed E-state index contributed by atoms with van der Waals surface area (Å²) >= 11 is 0. The van der Waals surface area contributed by atoms with Gasteiger partial charge in [-0.1, -0.05) is 31.2 Å². The second-order valence-corrected chi connectivity index (χ2v) is 5.73. The number of aliphatic carboxylic acids is 1. The highest BCUT2D eigenvalue weighted by molar-refractivity contribution is 5.78. The minimum absolute atomic E-state index is 0.00888. The number of carboxylic acids is 1. The van der Waals surface area contributed by atoms with E-state index in [0.717, 1.165) is 0 Å². The Morgan fingerprint density at radius 3 is 2.60 bits per heavy atom. The Labute approximate surface area is 119 Å².